The van der Waals surface area contributed by atoms with E-state index in [2.05, 4.69) is 21.9 Å². The fraction of sp³-hybridized carbons (Fsp3) is 0.300. The molecule has 0 spiro atoms. The number of aliphatic imine (C=N–C) groups is 1. The van der Waals surface area contributed by atoms with Crippen molar-refractivity contribution in [1.29, 1.82) is 0 Å². The topological polar surface area (TPSA) is 81.2 Å². The van der Waals surface area contributed by atoms with Crippen LogP contribution in [0.2, 0.25) is 0 Å². The van der Waals surface area contributed by atoms with Gasteiger partial charge in [0.2, 0.25) is 0 Å². The Morgan fingerprint density at radius 1 is 1.36 bits per heavy atom. The summed E-state index contributed by atoms with van der Waals surface area (Å²) in [6.45, 7) is 4.08. The van der Waals surface area contributed by atoms with E-state index < -0.39 is 11.6 Å². The van der Waals surface area contributed by atoms with E-state index in [1.54, 1.807) is 24.0 Å². The van der Waals surface area contributed by atoms with Crippen LogP contribution < -0.4 is 5.73 Å². The van der Waals surface area contributed by atoms with Crippen molar-refractivity contribution in [3.8, 4) is 0 Å². The highest BCUT2D eigenvalue weighted by Crippen LogP contribution is 2.37. The highest BCUT2D eigenvalue weighted by Gasteiger charge is 2.34. The number of amidine groups is 1. The van der Waals surface area contributed by atoms with Crippen LogP contribution >= 0.6 is 11.8 Å². The maximum Gasteiger partial charge on any atom is 0.270 e. The van der Waals surface area contributed by atoms with E-state index in [0.717, 1.165) is 17.7 Å². The molecule has 0 amide bonds. The highest BCUT2D eigenvalue weighted by atomic mass is 32.2. The summed E-state index contributed by atoms with van der Waals surface area (Å²) in [7, 11) is 0. The normalized spacial score (nSPS) is 21.7. The van der Waals surface area contributed by atoms with Crippen LogP contribution in [0, 0.1) is 0 Å². The van der Waals surface area contributed by atoms with Crippen molar-refractivity contribution >= 4 is 28.8 Å². The molecule has 2 atom stereocenters. The summed E-state index contributed by atoms with van der Waals surface area (Å²) in [6.07, 6.45) is 2.74. The fourth-order valence-electron chi connectivity index (χ4n) is 3.22. The summed E-state index contributed by atoms with van der Waals surface area (Å²) in [5, 5.41) is 0.855. The zero-order valence-corrected chi connectivity index (χ0v) is 16.3. The minimum atomic E-state index is -1.81. The molecule has 28 heavy (non-hydrogen) atoms. The predicted molar refractivity (Wildman–Crippen MR) is 107 cm³/mol. The SMILES string of the molecule is C[C@@H]1C[C@@](C)(c2cc(CC(=O)c3ccc(C=C(F)F)cn3)ccn2)N=C(N)S1. The Morgan fingerprint density at radius 3 is 2.79 bits per heavy atom. The molecule has 5 nitrogen and oxygen atoms in total. The van der Waals surface area contributed by atoms with E-state index >= 15 is 0 Å². The Labute approximate surface area is 166 Å². The van der Waals surface area contributed by atoms with Crippen LogP contribution in [0.3, 0.4) is 0 Å². The summed E-state index contributed by atoms with van der Waals surface area (Å²) in [5.41, 5.74) is 7.44. The number of halogens is 2. The van der Waals surface area contributed by atoms with Gasteiger partial charge in [0.25, 0.3) is 6.08 Å². The standard InChI is InChI=1S/C20H20F2N4OS/c1-12-10-20(2,26-19(23)28-12)17-8-13(5-6-24-17)7-16(27)15-4-3-14(11-25-15)9-18(21)22/h3-6,8-9,11-12H,7,10H2,1-2H3,(H2,23,26)/t12-,20+/m1/s1. The van der Waals surface area contributed by atoms with Crippen molar-refractivity contribution in [2.75, 3.05) is 0 Å². The van der Waals surface area contributed by atoms with Gasteiger partial charge in [-0.2, -0.15) is 8.78 Å². The number of ketones is 1. The fourth-order valence-corrected chi connectivity index (χ4v) is 4.30. The molecule has 1 aliphatic heterocycles. The van der Waals surface area contributed by atoms with E-state index in [1.165, 1.54) is 18.3 Å². The first-order chi connectivity index (χ1) is 13.2. The van der Waals surface area contributed by atoms with E-state index in [0.29, 0.717) is 16.5 Å². The van der Waals surface area contributed by atoms with Gasteiger partial charge in [0, 0.05) is 30.1 Å². The van der Waals surface area contributed by atoms with Crippen LogP contribution in [0.4, 0.5) is 8.78 Å². The molecule has 1 aliphatic rings. The number of nitrogens with zero attached hydrogens (tertiary/aromatic N) is 3. The lowest BCUT2D eigenvalue weighted by atomic mass is 9.90. The second-order valence-electron chi connectivity index (χ2n) is 6.92. The number of carbonyl (C=O) groups excluding carboxylic acids is 1. The monoisotopic (exact) mass is 402 g/mol. The number of rotatable bonds is 5. The van der Waals surface area contributed by atoms with Gasteiger partial charge < -0.3 is 5.73 Å². The smallest absolute Gasteiger partial charge is 0.270 e. The van der Waals surface area contributed by atoms with Crippen LogP contribution in [0.5, 0.6) is 0 Å². The van der Waals surface area contributed by atoms with E-state index in [1.807, 2.05) is 13.0 Å². The number of carbonyl (C=O) groups is 1. The van der Waals surface area contributed by atoms with Gasteiger partial charge in [-0.1, -0.05) is 24.8 Å². The van der Waals surface area contributed by atoms with Crippen molar-refractivity contribution in [2.45, 2.75) is 37.5 Å². The third-order valence-corrected chi connectivity index (χ3v) is 5.35. The average molecular weight is 402 g/mol. The molecule has 0 unspecified atom stereocenters. The minimum Gasteiger partial charge on any atom is -0.379 e. The van der Waals surface area contributed by atoms with Gasteiger partial charge in [-0.15, -0.1) is 0 Å². The van der Waals surface area contributed by atoms with Gasteiger partial charge in [-0.3, -0.25) is 14.8 Å². The number of pyridine rings is 2. The summed E-state index contributed by atoms with van der Waals surface area (Å²) in [4.78, 5) is 25.5. The van der Waals surface area contributed by atoms with Crippen molar-refractivity contribution in [2.24, 2.45) is 10.7 Å². The van der Waals surface area contributed by atoms with Crippen LogP contribution in [-0.4, -0.2) is 26.2 Å². The second kappa shape index (κ2) is 8.18. The second-order valence-corrected chi connectivity index (χ2v) is 8.38. The zero-order chi connectivity index (χ0) is 20.3. The molecule has 0 fully saturated rings. The first kappa shape index (κ1) is 20.1. The lowest BCUT2D eigenvalue weighted by molar-refractivity contribution is 0.0988. The largest absolute Gasteiger partial charge is 0.379 e. The number of Topliss-reactive ketones (excluding diaryl/α,β-unsaturated/α-hetero) is 1. The molecule has 2 aromatic rings. The van der Waals surface area contributed by atoms with E-state index in [-0.39, 0.29) is 23.5 Å². The molecule has 3 heterocycles. The first-order valence-corrected chi connectivity index (χ1v) is 9.62. The predicted octanol–water partition coefficient (Wildman–Crippen LogP) is 4.19. The van der Waals surface area contributed by atoms with Crippen LogP contribution in [0.1, 0.15) is 47.6 Å². The molecule has 146 valence electrons. The molecule has 0 bridgehead atoms. The molecular formula is C20H20F2N4OS. The summed E-state index contributed by atoms with van der Waals surface area (Å²) in [5.74, 6) is -0.200. The molecule has 0 saturated heterocycles. The molecule has 2 N–H and O–H groups in total. The van der Waals surface area contributed by atoms with Gasteiger partial charge in [-0.25, -0.2) is 4.99 Å². The van der Waals surface area contributed by atoms with Crippen LogP contribution in [-0.2, 0) is 12.0 Å². The summed E-state index contributed by atoms with van der Waals surface area (Å²) >= 11 is 1.54. The molecule has 0 aromatic carbocycles. The van der Waals surface area contributed by atoms with Crippen molar-refractivity contribution in [1.82, 2.24) is 9.97 Å². The van der Waals surface area contributed by atoms with Gasteiger partial charge in [0.05, 0.1) is 5.69 Å². The number of thioether (sulfide) groups is 1. The molecule has 0 aliphatic carbocycles. The Balaban J connectivity index is 1.78. The molecule has 0 radical (unpaired) electrons. The highest BCUT2D eigenvalue weighted by molar-refractivity contribution is 8.14. The molecule has 2 aromatic heterocycles. The van der Waals surface area contributed by atoms with Crippen molar-refractivity contribution in [3.05, 3.63) is 65.3 Å². The zero-order valence-electron chi connectivity index (χ0n) is 15.5. The van der Waals surface area contributed by atoms with Crippen molar-refractivity contribution in [3.63, 3.8) is 0 Å². The Morgan fingerprint density at radius 2 is 2.14 bits per heavy atom. The van der Waals surface area contributed by atoms with E-state index in [9.17, 15) is 13.6 Å². The third kappa shape index (κ3) is 4.81. The van der Waals surface area contributed by atoms with Gasteiger partial charge in [-0.05, 0) is 42.7 Å². The lowest BCUT2D eigenvalue weighted by Gasteiger charge is -2.32. The summed E-state index contributed by atoms with van der Waals surface area (Å²) in [6, 6.07) is 6.53. The average Bonchev–Trinajstić information content (AvgIpc) is 2.61. The Hall–Kier alpha value is -2.61. The maximum absolute atomic E-state index is 12.5. The number of hydrogen-bond donors (Lipinski definition) is 1. The lowest BCUT2D eigenvalue weighted by Crippen LogP contribution is -2.33. The maximum atomic E-state index is 12.5. The number of aromatic nitrogens is 2. The molecular weight excluding hydrogens is 382 g/mol. The van der Waals surface area contributed by atoms with Gasteiger partial charge >= 0.3 is 0 Å². The Bertz CT molecular complexity index is 941. The van der Waals surface area contributed by atoms with Gasteiger partial charge in [0.15, 0.2) is 11.0 Å². The van der Waals surface area contributed by atoms with E-state index in [4.69, 9.17) is 5.73 Å². The Kier molecular flexibility index (Phi) is 5.88. The molecule has 0 saturated carbocycles. The van der Waals surface area contributed by atoms with Gasteiger partial charge in [0.1, 0.15) is 11.2 Å². The molecule has 3 rings (SSSR count). The van der Waals surface area contributed by atoms with Crippen molar-refractivity contribution < 1.29 is 13.6 Å². The number of hydrogen-bond acceptors (Lipinski definition) is 6. The quantitative estimate of drug-likeness (QED) is 0.758. The van der Waals surface area contributed by atoms with Crippen LogP contribution in [0.25, 0.3) is 6.08 Å². The van der Waals surface area contributed by atoms with Crippen LogP contribution in [0.15, 0.2) is 47.7 Å². The summed E-state index contributed by atoms with van der Waals surface area (Å²) < 4.78 is 24.6. The third-order valence-electron chi connectivity index (χ3n) is 4.45. The first-order valence-electron chi connectivity index (χ1n) is 8.74. The molecule has 8 heteroatoms. The number of nitrogens with two attached hydrogens (primary N) is 1. The minimum absolute atomic E-state index is 0.134.